The molecular weight excluding hydrogens is 388 g/mol. The van der Waals surface area contributed by atoms with E-state index in [9.17, 15) is 13.2 Å². The first kappa shape index (κ1) is 21.5. The maximum Gasteiger partial charge on any atom is 0.251 e. The Bertz CT molecular complexity index is 919. The number of morpholine rings is 1. The third-order valence-electron chi connectivity index (χ3n) is 5.08. The number of nitrogens with zero attached hydrogens (tertiary/aromatic N) is 1. The van der Waals surface area contributed by atoms with Crippen LogP contribution >= 0.6 is 0 Å². The second kappa shape index (κ2) is 9.07. The van der Waals surface area contributed by atoms with Gasteiger partial charge in [0.1, 0.15) is 0 Å². The van der Waals surface area contributed by atoms with Crippen molar-refractivity contribution in [2.75, 3.05) is 19.6 Å². The SMILES string of the molecule is C[C@H](CNC(=O)c1ccc(S(=O)(=O)N2C[C@H](C)O[C@@H](C)C2)cc1)c1ccccc1. The van der Waals surface area contributed by atoms with Crippen molar-refractivity contribution in [2.24, 2.45) is 0 Å². The summed E-state index contributed by atoms with van der Waals surface area (Å²) in [6, 6.07) is 16.1. The minimum Gasteiger partial charge on any atom is -0.373 e. The molecule has 7 heteroatoms. The van der Waals surface area contributed by atoms with Gasteiger partial charge in [-0.1, -0.05) is 37.3 Å². The molecule has 6 nitrogen and oxygen atoms in total. The summed E-state index contributed by atoms with van der Waals surface area (Å²) in [6.07, 6.45) is -0.296. The zero-order valence-corrected chi connectivity index (χ0v) is 17.9. The highest BCUT2D eigenvalue weighted by Crippen LogP contribution is 2.21. The Balaban J connectivity index is 1.64. The molecule has 0 bridgehead atoms. The number of carbonyl (C=O) groups is 1. The summed E-state index contributed by atoms with van der Waals surface area (Å²) in [6.45, 7) is 6.94. The first-order valence-corrected chi connectivity index (χ1v) is 11.3. The molecule has 0 aromatic heterocycles. The minimum absolute atomic E-state index is 0.148. The van der Waals surface area contributed by atoms with Gasteiger partial charge in [0.2, 0.25) is 10.0 Å². The van der Waals surface area contributed by atoms with Gasteiger partial charge in [0.15, 0.2) is 0 Å². The number of benzene rings is 2. The first-order chi connectivity index (χ1) is 13.8. The first-order valence-electron chi connectivity index (χ1n) is 9.86. The fourth-order valence-electron chi connectivity index (χ4n) is 3.50. The van der Waals surface area contributed by atoms with E-state index in [2.05, 4.69) is 12.2 Å². The van der Waals surface area contributed by atoms with Crippen molar-refractivity contribution in [1.82, 2.24) is 9.62 Å². The Morgan fingerprint density at radius 1 is 1.07 bits per heavy atom. The van der Waals surface area contributed by atoms with Gasteiger partial charge in [0, 0.05) is 25.2 Å². The molecule has 156 valence electrons. The molecule has 3 rings (SSSR count). The Hall–Kier alpha value is -2.22. The summed E-state index contributed by atoms with van der Waals surface area (Å²) in [5, 5.41) is 2.92. The average molecular weight is 417 g/mol. The molecule has 0 unspecified atom stereocenters. The lowest BCUT2D eigenvalue weighted by Gasteiger charge is -2.34. The molecule has 1 aliphatic heterocycles. The van der Waals surface area contributed by atoms with Crippen molar-refractivity contribution in [3.05, 3.63) is 65.7 Å². The number of carbonyl (C=O) groups excluding carboxylic acids is 1. The van der Waals surface area contributed by atoms with E-state index in [0.29, 0.717) is 25.2 Å². The summed E-state index contributed by atoms with van der Waals surface area (Å²) in [5.74, 6) is -0.0320. The van der Waals surface area contributed by atoms with E-state index in [1.54, 1.807) is 12.1 Å². The van der Waals surface area contributed by atoms with Crippen LogP contribution in [0.4, 0.5) is 0 Å². The molecule has 3 atom stereocenters. The minimum atomic E-state index is -3.61. The molecular formula is C22H28N2O4S. The van der Waals surface area contributed by atoms with Gasteiger partial charge >= 0.3 is 0 Å². The lowest BCUT2D eigenvalue weighted by molar-refractivity contribution is -0.0440. The highest BCUT2D eigenvalue weighted by Gasteiger charge is 2.32. The van der Waals surface area contributed by atoms with Crippen LogP contribution in [0.5, 0.6) is 0 Å². The molecule has 1 saturated heterocycles. The Labute approximate surface area is 172 Å². The van der Waals surface area contributed by atoms with Gasteiger partial charge in [-0.15, -0.1) is 0 Å². The van der Waals surface area contributed by atoms with Gasteiger partial charge in [0.25, 0.3) is 5.91 Å². The summed E-state index contributed by atoms with van der Waals surface area (Å²) in [5.41, 5.74) is 1.59. The molecule has 1 N–H and O–H groups in total. The van der Waals surface area contributed by atoms with Crippen LogP contribution in [0, 0.1) is 0 Å². The molecule has 1 amide bonds. The van der Waals surface area contributed by atoms with Crippen LogP contribution in [0.15, 0.2) is 59.5 Å². The van der Waals surface area contributed by atoms with E-state index in [4.69, 9.17) is 4.74 Å². The number of hydrogen-bond donors (Lipinski definition) is 1. The van der Waals surface area contributed by atoms with Gasteiger partial charge < -0.3 is 10.1 Å². The second-order valence-corrected chi connectivity index (χ2v) is 9.56. The fourth-order valence-corrected chi connectivity index (χ4v) is 5.09. The van der Waals surface area contributed by atoms with Crippen LogP contribution in [0.3, 0.4) is 0 Å². The molecule has 0 radical (unpaired) electrons. The summed E-state index contributed by atoms with van der Waals surface area (Å²) >= 11 is 0. The second-order valence-electron chi connectivity index (χ2n) is 7.63. The molecule has 2 aromatic rings. The quantitative estimate of drug-likeness (QED) is 0.785. The van der Waals surface area contributed by atoms with E-state index >= 15 is 0 Å². The highest BCUT2D eigenvalue weighted by atomic mass is 32.2. The van der Waals surface area contributed by atoms with Gasteiger partial charge in [0.05, 0.1) is 17.1 Å². The lowest BCUT2D eigenvalue weighted by atomic mass is 10.0. The van der Waals surface area contributed by atoms with Gasteiger partial charge in [-0.2, -0.15) is 4.31 Å². The van der Waals surface area contributed by atoms with Crippen LogP contribution in [0.1, 0.15) is 42.6 Å². The summed E-state index contributed by atoms with van der Waals surface area (Å²) in [4.78, 5) is 12.6. The number of hydrogen-bond acceptors (Lipinski definition) is 4. The number of ether oxygens (including phenoxy) is 1. The summed E-state index contributed by atoms with van der Waals surface area (Å²) < 4.78 is 32.9. The predicted octanol–water partition coefficient (Wildman–Crippen LogP) is 3.02. The zero-order valence-electron chi connectivity index (χ0n) is 17.0. The number of sulfonamides is 1. The van der Waals surface area contributed by atoms with Crippen molar-refractivity contribution in [2.45, 2.75) is 43.8 Å². The van der Waals surface area contributed by atoms with E-state index in [-0.39, 0.29) is 28.9 Å². The number of amides is 1. The molecule has 29 heavy (non-hydrogen) atoms. The number of nitrogens with one attached hydrogen (secondary N) is 1. The van der Waals surface area contributed by atoms with Crippen molar-refractivity contribution in [3.8, 4) is 0 Å². The fraction of sp³-hybridized carbons (Fsp3) is 0.409. The van der Waals surface area contributed by atoms with Crippen LogP contribution in [0.2, 0.25) is 0 Å². The molecule has 2 aromatic carbocycles. The standard InChI is InChI=1S/C22H28N2O4S/c1-16(19-7-5-4-6-8-19)13-23-22(25)20-9-11-21(12-10-20)29(26,27)24-14-17(2)28-18(3)15-24/h4-12,16-18H,13-15H2,1-3H3,(H,23,25)/t16-,17+,18+/m1/s1. The average Bonchev–Trinajstić information content (AvgIpc) is 2.71. The third-order valence-corrected chi connectivity index (χ3v) is 6.92. The van der Waals surface area contributed by atoms with Gasteiger partial charge in [-0.3, -0.25) is 4.79 Å². The maximum absolute atomic E-state index is 12.9. The topological polar surface area (TPSA) is 75.7 Å². The molecule has 1 aliphatic rings. The van der Waals surface area contributed by atoms with E-state index in [0.717, 1.165) is 5.56 Å². The number of rotatable bonds is 6. The predicted molar refractivity (Wildman–Crippen MR) is 112 cm³/mol. The van der Waals surface area contributed by atoms with Gasteiger partial charge in [-0.25, -0.2) is 8.42 Å². The van der Waals surface area contributed by atoms with Crippen molar-refractivity contribution < 1.29 is 17.9 Å². The Morgan fingerprint density at radius 3 is 2.24 bits per heavy atom. The van der Waals surface area contributed by atoms with Crippen LogP contribution < -0.4 is 5.32 Å². The van der Waals surface area contributed by atoms with Gasteiger partial charge in [-0.05, 0) is 49.6 Å². The van der Waals surface area contributed by atoms with Crippen LogP contribution in [-0.4, -0.2) is 50.5 Å². The molecule has 0 aliphatic carbocycles. The zero-order chi connectivity index (χ0) is 21.0. The van der Waals surface area contributed by atoms with Crippen molar-refractivity contribution in [1.29, 1.82) is 0 Å². The molecule has 0 saturated carbocycles. The highest BCUT2D eigenvalue weighted by molar-refractivity contribution is 7.89. The van der Waals surface area contributed by atoms with Crippen molar-refractivity contribution in [3.63, 3.8) is 0 Å². The van der Waals surface area contributed by atoms with E-state index in [1.165, 1.54) is 16.4 Å². The monoisotopic (exact) mass is 416 g/mol. The smallest absolute Gasteiger partial charge is 0.251 e. The largest absolute Gasteiger partial charge is 0.373 e. The van der Waals surface area contributed by atoms with Crippen LogP contribution in [-0.2, 0) is 14.8 Å². The Kier molecular flexibility index (Phi) is 6.72. The van der Waals surface area contributed by atoms with Crippen LogP contribution in [0.25, 0.3) is 0 Å². The van der Waals surface area contributed by atoms with E-state index < -0.39 is 10.0 Å². The lowest BCUT2D eigenvalue weighted by Crippen LogP contribution is -2.48. The normalized spacial score (nSPS) is 21.5. The maximum atomic E-state index is 12.9. The summed E-state index contributed by atoms with van der Waals surface area (Å²) in [7, 11) is -3.61. The molecule has 1 fully saturated rings. The third kappa shape index (κ3) is 5.23. The van der Waals surface area contributed by atoms with Crippen molar-refractivity contribution >= 4 is 15.9 Å². The van der Waals surface area contributed by atoms with E-state index in [1.807, 2.05) is 44.2 Å². The Morgan fingerprint density at radius 2 is 1.66 bits per heavy atom. The molecule has 1 heterocycles. The molecule has 0 spiro atoms.